The van der Waals surface area contributed by atoms with E-state index < -0.39 is 11.8 Å². The predicted molar refractivity (Wildman–Crippen MR) is 139 cm³/mol. The Hall–Kier alpha value is -4.71. The average molecular weight is 537 g/mol. The van der Waals surface area contributed by atoms with Crippen LogP contribution in [0.3, 0.4) is 0 Å². The molecule has 194 valence electrons. The Morgan fingerprint density at radius 2 is 1.87 bits per heavy atom. The number of aryl methyl sites for hydroxylation is 1. The van der Waals surface area contributed by atoms with E-state index in [0.29, 0.717) is 47.8 Å². The van der Waals surface area contributed by atoms with Crippen molar-refractivity contribution in [3.8, 4) is 11.1 Å². The molecule has 0 unspecified atom stereocenters. The van der Waals surface area contributed by atoms with Crippen molar-refractivity contribution in [2.24, 2.45) is 0 Å². The fourth-order valence-corrected chi connectivity index (χ4v) is 3.47. The molecule has 11 nitrogen and oxygen atoms in total. The minimum Gasteiger partial charge on any atom is -0.478 e. The van der Waals surface area contributed by atoms with Crippen LogP contribution in [0, 0.1) is 12.7 Å². The zero-order valence-corrected chi connectivity index (χ0v) is 20.8. The number of hydrogen-bond acceptors (Lipinski definition) is 9. The molecule has 1 amide bonds. The average Bonchev–Trinajstić information content (AvgIpc) is 2.91. The number of aromatic carboxylic acids is 1. The summed E-state index contributed by atoms with van der Waals surface area (Å²) in [4.78, 5) is 44.6. The number of nitrogens with zero attached hydrogens (tertiary/aromatic N) is 5. The molecule has 0 fully saturated rings. The molecule has 1 aromatic carbocycles. The Morgan fingerprint density at radius 1 is 1.03 bits per heavy atom. The first kappa shape index (κ1) is 26.4. The number of carbonyl (C=O) groups is 2. The summed E-state index contributed by atoms with van der Waals surface area (Å²) in [6, 6.07) is 5.59. The van der Waals surface area contributed by atoms with Crippen LogP contribution in [-0.2, 0) is 0 Å². The molecule has 3 aromatic heterocycles. The molecular weight excluding hydrogens is 515 g/mol. The lowest BCUT2D eigenvalue weighted by molar-refractivity contribution is 0.0696. The topological polar surface area (TPSA) is 155 Å². The number of halogens is 2. The van der Waals surface area contributed by atoms with Crippen molar-refractivity contribution in [2.45, 2.75) is 13.3 Å². The largest absolute Gasteiger partial charge is 0.478 e. The number of benzene rings is 1. The minimum absolute atomic E-state index is 0.0125. The highest BCUT2D eigenvalue weighted by molar-refractivity contribution is 6.31. The maximum Gasteiger partial charge on any atom is 0.337 e. The number of pyridine rings is 1. The molecule has 0 aliphatic carbocycles. The number of nitrogens with one attached hydrogen (secondary N) is 3. The molecule has 0 bridgehead atoms. The highest BCUT2D eigenvalue weighted by Gasteiger charge is 2.14. The second-order valence-corrected chi connectivity index (χ2v) is 8.46. The summed E-state index contributed by atoms with van der Waals surface area (Å²) in [6.07, 6.45) is 7.74. The van der Waals surface area contributed by atoms with Crippen LogP contribution in [0.1, 0.15) is 33.0 Å². The summed E-state index contributed by atoms with van der Waals surface area (Å²) in [6.45, 7) is 2.56. The summed E-state index contributed by atoms with van der Waals surface area (Å²) in [5, 5.41) is 18.2. The van der Waals surface area contributed by atoms with E-state index in [2.05, 4.69) is 40.9 Å². The van der Waals surface area contributed by atoms with Crippen molar-refractivity contribution in [3.63, 3.8) is 0 Å². The van der Waals surface area contributed by atoms with Crippen molar-refractivity contribution in [3.05, 3.63) is 83.0 Å². The standard InChI is InChI=1S/C25H22ClFN8O3/c1-14-9-32-21(13-31-14)23(36)30-6-2-5-29-22-18(15-7-16(24(37)38)11-28-10-15)12-33-25(35-22)34-17-3-4-20(27)19(26)8-17/h3-4,7-13H,2,5-6H2,1H3,(H,30,36)(H,37,38)(H2,29,33,34,35). The van der Waals surface area contributed by atoms with Crippen molar-refractivity contribution in [2.75, 3.05) is 23.7 Å². The van der Waals surface area contributed by atoms with Gasteiger partial charge in [-0.1, -0.05) is 11.6 Å². The Bertz CT molecular complexity index is 1470. The van der Waals surface area contributed by atoms with Gasteiger partial charge in [0.15, 0.2) is 0 Å². The molecule has 0 aliphatic heterocycles. The molecule has 0 saturated carbocycles. The van der Waals surface area contributed by atoms with Crippen molar-refractivity contribution >= 4 is 40.9 Å². The second kappa shape index (κ2) is 12.0. The summed E-state index contributed by atoms with van der Waals surface area (Å²) < 4.78 is 13.5. The van der Waals surface area contributed by atoms with Crippen LogP contribution < -0.4 is 16.0 Å². The molecule has 4 rings (SSSR count). The van der Waals surface area contributed by atoms with E-state index in [-0.39, 0.29) is 28.1 Å². The van der Waals surface area contributed by atoms with Crippen LogP contribution in [0.15, 0.2) is 55.2 Å². The van der Waals surface area contributed by atoms with E-state index in [9.17, 15) is 19.1 Å². The molecule has 4 N–H and O–H groups in total. The van der Waals surface area contributed by atoms with Gasteiger partial charge in [0.1, 0.15) is 17.3 Å². The fourth-order valence-electron chi connectivity index (χ4n) is 3.29. The van der Waals surface area contributed by atoms with Crippen LogP contribution in [0.5, 0.6) is 0 Å². The SMILES string of the molecule is Cc1cnc(C(=O)NCCCNc2nc(Nc3ccc(F)c(Cl)c3)ncc2-c2cncc(C(=O)O)c2)cn1. The van der Waals surface area contributed by atoms with Gasteiger partial charge in [-0.05, 0) is 37.6 Å². The van der Waals surface area contributed by atoms with Gasteiger partial charge in [0, 0.05) is 54.7 Å². The predicted octanol–water partition coefficient (Wildman–Crippen LogP) is 4.10. The molecule has 0 radical (unpaired) electrons. The number of anilines is 3. The number of carboxylic acids is 1. The van der Waals surface area contributed by atoms with Gasteiger partial charge in [0.05, 0.1) is 22.5 Å². The molecule has 13 heteroatoms. The van der Waals surface area contributed by atoms with E-state index in [4.69, 9.17) is 11.6 Å². The Morgan fingerprint density at radius 3 is 2.61 bits per heavy atom. The third kappa shape index (κ3) is 6.73. The van der Waals surface area contributed by atoms with Crippen LogP contribution in [0.2, 0.25) is 5.02 Å². The third-order valence-electron chi connectivity index (χ3n) is 5.21. The lowest BCUT2D eigenvalue weighted by atomic mass is 10.1. The van der Waals surface area contributed by atoms with Crippen molar-refractivity contribution in [1.29, 1.82) is 0 Å². The smallest absolute Gasteiger partial charge is 0.337 e. The van der Waals surface area contributed by atoms with Gasteiger partial charge < -0.3 is 21.1 Å². The summed E-state index contributed by atoms with van der Waals surface area (Å²) in [5.41, 5.74) is 2.44. The van der Waals surface area contributed by atoms with Gasteiger partial charge in [-0.25, -0.2) is 19.2 Å². The van der Waals surface area contributed by atoms with E-state index in [1.807, 2.05) is 0 Å². The van der Waals surface area contributed by atoms with E-state index >= 15 is 0 Å². The number of hydrogen-bond donors (Lipinski definition) is 4. The molecular formula is C25H22ClFN8O3. The highest BCUT2D eigenvalue weighted by Crippen LogP contribution is 2.28. The number of amides is 1. The summed E-state index contributed by atoms with van der Waals surface area (Å²) in [5.74, 6) is -1.40. The normalized spacial score (nSPS) is 10.6. The van der Waals surface area contributed by atoms with Gasteiger partial charge in [0.25, 0.3) is 5.91 Å². The molecule has 0 spiro atoms. The molecule has 38 heavy (non-hydrogen) atoms. The lowest BCUT2D eigenvalue weighted by Gasteiger charge is -2.14. The number of aromatic nitrogens is 5. The zero-order valence-electron chi connectivity index (χ0n) is 20.1. The maximum absolute atomic E-state index is 13.5. The van der Waals surface area contributed by atoms with Crippen molar-refractivity contribution in [1.82, 2.24) is 30.2 Å². The molecule has 0 saturated heterocycles. The first-order valence-electron chi connectivity index (χ1n) is 11.4. The number of rotatable bonds is 10. The monoisotopic (exact) mass is 536 g/mol. The molecule has 4 aromatic rings. The number of carbonyl (C=O) groups excluding carboxylic acids is 1. The minimum atomic E-state index is -1.12. The highest BCUT2D eigenvalue weighted by atomic mass is 35.5. The zero-order chi connectivity index (χ0) is 27.1. The van der Waals surface area contributed by atoms with E-state index in [1.54, 1.807) is 6.92 Å². The summed E-state index contributed by atoms with van der Waals surface area (Å²) >= 11 is 5.86. The third-order valence-corrected chi connectivity index (χ3v) is 5.50. The van der Waals surface area contributed by atoms with Crippen LogP contribution >= 0.6 is 11.6 Å². The summed E-state index contributed by atoms with van der Waals surface area (Å²) in [7, 11) is 0. The van der Waals surface area contributed by atoms with Crippen LogP contribution in [-0.4, -0.2) is 55.0 Å². The van der Waals surface area contributed by atoms with E-state index in [0.717, 1.165) is 0 Å². The van der Waals surface area contributed by atoms with Gasteiger partial charge in [0.2, 0.25) is 5.95 Å². The molecule has 0 aliphatic rings. The van der Waals surface area contributed by atoms with Gasteiger partial charge in [-0.2, -0.15) is 4.98 Å². The second-order valence-electron chi connectivity index (χ2n) is 8.06. The van der Waals surface area contributed by atoms with Gasteiger partial charge in [-0.3, -0.25) is 14.8 Å². The molecule has 0 atom stereocenters. The quantitative estimate of drug-likeness (QED) is 0.218. The van der Waals surface area contributed by atoms with Crippen LogP contribution in [0.4, 0.5) is 21.8 Å². The van der Waals surface area contributed by atoms with Crippen molar-refractivity contribution < 1.29 is 19.1 Å². The van der Waals surface area contributed by atoms with E-state index in [1.165, 1.54) is 55.2 Å². The molecule has 3 heterocycles. The Kier molecular flexibility index (Phi) is 8.34. The first-order valence-corrected chi connectivity index (χ1v) is 11.8. The van der Waals surface area contributed by atoms with Crippen LogP contribution in [0.25, 0.3) is 11.1 Å². The maximum atomic E-state index is 13.5. The van der Waals surface area contributed by atoms with Gasteiger partial charge >= 0.3 is 5.97 Å². The number of carboxylic acid groups (broad SMARTS) is 1. The fraction of sp³-hybridized carbons (Fsp3) is 0.160. The lowest BCUT2D eigenvalue weighted by Crippen LogP contribution is -2.27. The Balaban J connectivity index is 1.48. The Labute approximate surface area is 221 Å². The first-order chi connectivity index (χ1) is 18.3. The van der Waals surface area contributed by atoms with Gasteiger partial charge in [-0.15, -0.1) is 0 Å².